The zero-order valence-corrected chi connectivity index (χ0v) is 14.1. The highest BCUT2D eigenvalue weighted by molar-refractivity contribution is 5.92. The Morgan fingerprint density at radius 3 is 2.72 bits per heavy atom. The molecule has 0 radical (unpaired) electrons. The van der Waals surface area contributed by atoms with Crippen molar-refractivity contribution in [3.8, 4) is 11.5 Å². The van der Waals surface area contributed by atoms with Crippen LogP contribution in [-0.2, 0) is 9.53 Å². The normalized spacial score (nSPS) is 16.0. The molecule has 1 atom stereocenters. The van der Waals surface area contributed by atoms with E-state index in [2.05, 4.69) is 4.98 Å². The molecule has 7 nitrogen and oxygen atoms in total. The molecule has 25 heavy (non-hydrogen) atoms. The number of aryl methyl sites for hydroxylation is 1. The van der Waals surface area contributed by atoms with Gasteiger partial charge in [-0.25, -0.2) is 4.79 Å². The highest BCUT2D eigenvalue weighted by Gasteiger charge is 2.37. The molecule has 1 aromatic carbocycles. The summed E-state index contributed by atoms with van der Waals surface area (Å²) in [6.45, 7) is 1.74. The second-order valence-electron chi connectivity index (χ2n) is 5.64. The number of nitrogens with two attached hydrogens (primary N) is 1. The average Bonchev–Trinajstić information content (AvgIpc) is 2.59. The van der Waals surface area contributed by atoms with Crippen LogP contribution in [0.4, 0.5) is 0 Å². The van der Waals surface area contributed by atoms with Gasteiger partial charge in [0.05, 0.1) is 25.7 Å². The number of hydrogen-bond acceptors (Lipinski definition) is 6. The van der Waals surface area contributed by atoms with Gasteiger partial charge in [0.25, 0.3) is 5.56 Å². The Bertz CT molecular complexity index is 929. The quantitative estimate of drug-likeness (QED) is 0.821. The van der Waals surface area contributed by atoms with Crippen molar-refractivity contribution in [3.63, 3.8) is 0 Å². The SMILES string of the molecule is COC(=O)C1=C(N)Oc2cc(C)[nH]c(=O)c2[C@@H]1c1cccc(OC)c1. The Kier molecular flexibility index (Phi) is 4.22. The van der Waals surface area contributed by atoms with Gasteiger partial charge in [0.15, 0.2) is 0 Å². The molecular formula is C18H18N2O5. The van der Waals surface area contributed by atoms with Gasteiger partial charge in [-0.2, -0.15) is 0 Å². The highest BCUT2D eigenvalue weighted by atomic mass is 16.5. The zero-order chi connectivity index (χ0) is 18.1. The van der Waals surface area contributed by atoms with Crippen LogP contribution >= 0.6 is 0 Å². The first kappa shape index (κ1) is 16.6. The second kappa shape index (κ2) is 6.35. The Morgan fingerprint density at radius 2 is 2.04 bits per heavy atom. The minimum Gasteiger partial charge on any atom is -0.497 e. The van der Waals surface area contributed by atoms with Crippen molar-refractivity contribution in [1.82, 2.24) is 4.98 Å². The molecule has 0 saturated heterocycles. The van der Waals surface area contributed by atoms with Crippen molar-refractivity contribution in [2.45, 2.75) is 12.8 Å². The number of aromatic amines is 1. The van der Waals surface area contributed by atoms with Crippen molar-refractivity contribution in [1.29, 1.82) is 0 Å². The maximum atomic E-state index is 12.6. The Labute approximate surface area is 144 Å². The standard InChI is InChI=1S/C18H18N2O5/c1-9-7-12-14(17(21)20-9)13(10-5-4-6-11(8-10)23-2)15(16(19)25-12)18(22)24-3/h4-8,13H,19H2,1-3H3,(H,20,21)/t13-/m0/s1. The second-order valence-corrected chi connectivity index (χ2v) is 5.64. The van der Waals surface area contributed by atoms with Gasteiger partial charge in [0.2, 0.25) is 5.88 Å². The molecule has 0 amide bonds. The average molecular weight is 342 g/mol. The van der Waals surface area contributed by atoms with Gasteiger partial charge in [-0.3, -0.25) is 4.79 Å². The predicted octanol–water partition coefficient (Wildman–Crippen LogP) is 1.56. The first-order valence-electron chi connectivity index (χ1n) is 7.59. The van der Waals surface area contributed by atoms with Gasteiger partial charge >= 0.3 is 5.97 Å². The number of aromatic nitrogens is 1. The monoisotopic (exact) mass is 342 g/mol. The van der Waals surface area contributed by atoms with Crippen LogP contribution in [0.3, 0.4) is 0 Å². The lowest BCUT2D eigenvalue weighted by Crippen LogP contribution is -2.31. The van der Waals surface area contributed by atoms with Crippen molar-refractivity contribution >= 4 is 5.97 Å². The third-order valence-electron chi connectivity index (χ3n) is 4.06. The molecule has 2 heterocycles. The van der Waals surface area contributed by atoms with Crippen LogP contribution in [0.2, 0.25) is 0 Å². The molecule has 7 heteroatoms. The van der Waals surface area contributed by atoms with Crippen LogP contribution in [0.1, 0.15) is 22.7 Å². The maximum Gasteiger partial charge on any atom is 0.340 e. The number of nitrogens with one attached hydrogen (secondary N) is 1. The number of ether oxygens (including phenoxy) is 3. The van der Waals surface area contributed by atoms with E-state index >= 15 is 0 Å². The number of hydrogen-bond donors (Lipinski definition) is 2. The Morgan fingerprint density at radius 1 is 1.28 bits per heavy atom. The summed E-state index contributed by atoms with van der Waals surface area (Å²) in [7, 11) is 2.79. The number of esters is 1. The van der Waals surface area contributed by atoms with Crippen LogP contribution in [0.5, 0.6) is 11.5 Å². The Hall–Kier alpha value is -3.22. The largest absolute Gasteiger partial charge is 0.497 e. The van der Waals surface area contributed by atoms with E-state index < -0.39 is 11.9 Å². The minimum atomic E-state index is -0.726. The van der Waals surface area contributed by atoms with Gasteiger partial charge in [-0.05, 0) is 24.6 Å². The summed E-state index contributed by atoms with van der Waals surface area (Å²) in [6, 6.07) is 8.75. The summed E-state index contributed by atoms with van der Waals surface area (Å²) in [4.78, 5) is 27.7. The van der Waals surface area contributed by atoms with E-state index in [0.717, 1.165) is 0 Å². The van der Waals surface area contributed by atoms with Crippen LogP contribution in [-0.4, -0.2) is 25.2 Å². The van der Waals surface area contributed by atoms with E-state index in [1.807, 2.05) is 0 Å². The van der Waals surface area contributed by atoms with E-state index in [1.165, 1.54) is 7.11 Å². The zero-order valence-electron chi connectivity index (χ0n) is 14.1. The van der Waals surface area contributed by atoms with Crippen LogP contribution in [0, 0.1) is 6.92 Å². The first-order valence-corrected chi connectivity index (χ1v) is 7.59. The molecule has 1 aliphatic heterocycles. The number of benzene rings is 1. The van der Waals surface area contributed by atoms with E-state index in [4.69, 9.17) is 19.9 Å². The van der Waals surface area contributed by atoms with Crippen LogP contribution < -0.4 is 20.8 Å². The van der Waals surface area contributed by atoms with E-state index in [-0.39, 0.29) is 17.0 Å². The fourth-order valence-electron chi connectivity index (χ4n) is 2.97. The topological polar surface area (TPSA) is 104 Å². The lowest BCUT2D eigenvalue weighted by Gasteiger charge is -2.27. The van der Waals surface area contributed by atoms with Crippen molar-refractivity contribution in [3.05, 3.63) is 69.0 Å². The maximum absolute atomic E-state index is 12.6. The van der Waals surface area contributed by atoms with Gasteiger partial charge in [-0.1, -0.05) is 12.1 Å². The number of fused-ring (bicyclic) bond motifs is 1. The fourth-order valence-corrected chi connectivity index (χ4v) is 2.97. The van der Waals surface area contributed by atoms with Gasteiger partial charge in [0, 0.05) is 11.8 Å². The number of H-pyrrole nitrogens is 1. The van der Waals surface area contributed by atoms with Crippen LogP contribution in [0.15, 0.2) is 46.6 Å². The number of methoxy groups -OCH3 is 2. The summed E-state index contributed by atoms with van der Waals surface area (Å²) in [5, 5.41) is 0. The molecular weight excluding hydrogens is 324 g/mol. The summed E-state index contributed by atoms with van der Waals surface area (Å²) >= 11 is 0. The van der Waals surface area contributed by atoms with Crippen LogP contribution in [0.25, 0.3) is 0 Å². The van der Waals surface area contributed by atoms with E-state index in [0.29, 0.717) is 28.3 Å². The van der Waals surface area contributed by atoms with Crippen molar-refractivity contribution in [2.24, 2.45) is 5.73 Å². The minimum absolute atomic E-state index is 0.0811. The van der Waals surface area contributed by atoms with E-state index in [1.54, 1.807) is 44.4 Å². The molecule has 1 aliphatic rings. The molecule has 2 aromatic rings. The molecule has 0 bridgehead atoms. The molecule has 0 saturated carbocycles. The third-order valence-corrected chi connectivity index (χ3v) is 4.06. The molecule has 3 rings (SSSR count). The highest BCUT2D eigenvalue weighted by Crippen LogP contribution is 2.41. The molecule has 1 aromatic heterocycles. The Balaban J connectivity index is 2.30. The first-order chi connectivity index (χ1) is 12.0. The third kappa shape index (κ3) is 2.84. The summed E-state index contributed by atoms with van der Waals surface area (Å²) in [5.41, 5.74) is 7.31. The summed E-state index contributed by atoms with van der Waals surface area (Å²) in [6.07, 6.45) is 0. The number of pyridine rings is 1. The number of carbonyl (C=O) groups is 1. The smallest absolute Gasteiger partial charge is 0.340 e. The van der Waals surface area contributed by atoms with Crippen molar-refractivity contribution < 1.29 is 19.0 Å². The van der Waals surface area contributed by atoms with Crippen molar-refractivity contribution in [2.75, 3.05) is 14.2 Å². The summed E-state index contributed by atoms with van der Waals surface area (Å²) in [5.74, 6) is -0.556. The molecule has 0 unspecified atom stereocenters. The van der Waals surface area contributed by atoms with E-state index in [9.17, 15) is 9.59 Å². The number of carbonyl (C=O) groups excluding carboxylic acids is 1. The molecule has 0 fully saturated rings. The van der Waals surface area contributed by atoms with Gasteiger partial charge in [-0.15, -0.1) is 0 Å². The lowest BCUT2D eigenvalue weighted by molar-refractivity contribution is -0.136. The molecule has 0 aliphatic carbocycles. The fraction of sp³-hybridized carbons (Fsp3) is 0.222. The number of rotatable bonds is 3. The molecule has 130 valence electrons. The molecule has 0 spiro atoms. The lowest BCUT2D eigenvalue weighted by atomic mass is 9.83. The van der Waals surface area contributed by atoms with Gasteiger partial charge in [0.1, 0.15) is 17.1 Å². The summed E-state index contributed by atoms with van der Waals surface area (Å²) < 4.78 is 15.6. The predicted molar refractivity (Wildman–Crippen MR) is 90.5 cm³/mol. The van der Waals surface area contributed by atoms with Gasteiger partial charge < -0.3 is 24.9 Å². The molecule has 3 N–H and O–H groups in total.